The van der Waals surface area contributed by atoms with Crippen LogP contribution >= 0.6 is 11.6 Å². The number of nitrogens with zero attached hydrogens (tertiary/aromatic N) is 1. The average Bonchev–Trinajstić information content (AvgIpc) is 2.47. The molecular weight excluding hydrogens is 264 g/mol. The molecule has 2 aliphatic heterocycles. The number of hydrogen-bond acceptors (Lipinski definition) is 4. The van der Waals surface area contributed by atoms with Gasteiger partial charge in [-0.3, -0.25) is 0 Å². The number of hydrogen-bond donors (Lipinski definition) is 1. The SMILES string of the molecule is Clc1ccc2c(c1CCN1CCNCC1)COCO2. The molecule has 0 radical (unpaired) electrons. The predicted octanol–water partition coefficient (Wildman–Crippen LogP) is 1.65. The Morgan fingerprint density at radius 3 is 2.95 bits per heavy atom. The number of fused-ring (bicyclic) bond motifs is 1. The van der Waals surface area contributed by atoms with E-state index in [2.05, 4.69) is 10.2 Å². The van der Waals surface area contributed by atoms with Crippen molar-refractivity contribution >= 4 is 11.6 Å². The standard InChI is InChI=1S/C14H19ClN2O2/c15-13-1-2-14-12(9-18-10-19-14)11(13)3-6-17-7-4-16-5-8-17/h1-2,16H,3-10H2. The van der Waals surface area contributed by atoms with E-state index in [4.69, 9.17) is 21.1 Å². The summed E-state index contributed by atoms with van der Waals surface area (Å²) in [5.41, 5.74) is 2.30. The van der Waals surface area contributed by atoms with E-state index in [9.17, 15) is 0 Å². The van der Waals surface area contributed by atoms with Crippen molar-refractivity contribution in [1.29, 1.82) is 0 Å². The van der Waals surface area contributed by atoms with Gasteiger partial charge in [-0.1, -0.05) is 11.6 Å². The van der Waals surface area contributed by atoms with Gasteiger partial charge in [0.25, 0.3) is 0 Å². The molecule has 2 aliphatic rings. The van der Waals surface area contributed by atoms with Crippen molar-refractivity contribution < 1.29 is 9.47 Å². The molecule has 1 N–H and O–H groups in total. The lowest BCUT2D eigenvalue weighted by Gasteiger charge is -2.28. The zero-order valence-electron chi connectivity index (χ0n) is 11.0. The zero-order valence-corrected chi connectivity index (χ0v) is 11.7. The van der Waals surface area contributed by atoms with E-state index in [0.29, 0.717) is 13.4 Å². The second-order valence-electron chi connectivity index (χ2n) is 4.95. The predicted molar refractivity (Wildman–Crippen MR) is 74.7 cm³/mol. The molecule has 0 aromatic heterocycles. The number of benzene rings is 1. The van der Waals surface area contributed by atoms with Crippen LogP contribution in [-0.4, -0.2) is 44.4 Å². The molecule has 19 heavy (non-hydrogen) atoms. The van der Waals surface area contributed by atoms with Crippen LogP contribution in [0.4, 0.5) is 0 Å². The van der Waals surface area contributed by atoms with Gasteiger partial charge in [0.05, 0.1) is 6.61 Å². The van der Waals surface area contributed by atoms with Crippen molar-refractivity contribution in [3.8, 4) is 5.75 Å². The zero-order chi connectivity index (χ0) is 13.1. The highest BCUT2D eigenvalue weighted by Gasteiger charge is 2.18. The second kappa shape index (κ2) is 6.09. The van der Waals surface area contributed by atoms with Gasteiger partial charge in [0.2, 0.25) is 0 Å². The highest BCUT2D eigenvalue weighted by Crippen LogP contribution is 2.32. The summed E-state index contributed by atoms with van der Waals surface area (Å²) < 4.78 is 10.9. The number of ether oxygens (including phenoxy) is 2. The topological polar surface area (TPSA) is 33.7 Å². The fraction of sp³-hybridized carbons (Fsp3) is 0.571. The van der Waals surface area contributed by atoms with Crippen molar-refractivity contribution in [2.75, 3.05) is 39.5 Å². The van der Waals surface area contributed by atoms with Gasteiger partial charge < -0.3 is 19.7 Å². The molecule has 0 saturated carbocycles. The van der Waals surface area contributed by atoms with Gasteiger partial charge in [0.15, 0.2) is 6.79 Å². The second-order valence-corrected chi connectivity index (χ2v) is 5.36. The molecule has 1 saturated heterocycles. The Kier molecular flexibility index (Phi) is 4.23. The smallest absolute Gasteiger partial charge is 0.189 e. The lowest BCUT2D eigenvalue weighted by molar-refractivity contribution is -0.0168. The van der Waals surface area contributed by atoms with Crippen molar-refractivity contribution in [3.05, 3.63) is 28.3 Å². The first kappa shape index (κ1) is 13.2. The Labute approximate surface area is 118 Å². The Hall–Kier alpha value is -0.810. The number of rotatable bonds is 3. The summed E-state index contributed by atoms with van der Waals surface area (Å²) in [6.45, 7) is 6.36. The first-order valence-corrected chi connectivity index (χ1v) is 7.16. The van der Waals surface area contributed by atoms with Crippen LogP contribution in [0.15, 0.2) is 12.1 Å². The number of piperazine rings is 1. The first-order chi connectivity index (χ1) is 9.34. The van der Waals surface area contributed by atoms with Crippen LogP contribution in [0.2, 0.25) is 5.02 Å². The van der Waals surface area contributed by atoms with Gasteiger partial charge in [-0.25, -0.2) is 0 Å². The fourth-order valence-corrected chi connectivity index (χ4v) is 2.93. The summed E-state index contributed by atoms with van der Waals surface area (Å²) in [6.07, 6.45) is 0.953. The van der Waals surface area contributed by atoms with E-state index in [0.717, 1.165) is 55.5 Å². The van der Waals surface area contributed by atoms with Crippen molar-refractivity contribution in [3.63, 3.8) is 0 Å². The average molecular weight is 283 g/mol. The van der Waals surface area contributed by atoms with Crippen LogP contribution in [0.3, 0.4) is 0 Å². The summed E-state index contributed by atoms with van der Waals surface area (Å²) in [5.74, 6) is 0.922. The maximum absolute atomic E-state index is 6.34. The molecule has 2 heterocycles. The summed E-state index contributed by atoms with van der Waals surface area (Å²) in [6, 6.07) is 3.87. The molecule has 4 nitrogen and oxygen atoms in total. The van der Waals surface area contributed by atoms with E-state index >= 15 is 0 Å². The largest absolute Gasteiger partial charge is 0.467 e. The maximum atomic E-state index is 6.34. The Morgan fingerprint density at radius 2 is 2.11 bits per heavy atom. The van der Waals surface area contributed by atoms with Gasteiger partial charge in [0, 0.05) is 43.3 Å². The van der Waals surface area contributed by atoms with E-state index < -0.39 is 0 Å². The molecule has 0 aliphatic carbocycles. The molecule has 1 fully saturated rings. The molecule has 0 bridgehead atoms. The molecule has 0 amide bonds. The van der Waals surface area contributed by atoms with Crippen molar-refractivity contribution in [1.82, 2.24) is 10.2 Å². The minimum atomic E-state index is 0.339. The van der Waals surface area contributed by atoms with Crippen LogP contribution in [-0.2, 0) is 17.8 Å². The van der Waals surface area contributed by atoms with E-state index in [1.807, 2.05) is 12.1 Å². The Morgan fingerprint density at radius 1 is 1.26 bits per heavy atom. The van der Waals surface area contributed by atoms with Gasteiger partial charge in [-0.05, 0) is 24.1 Å². The lowest BCUT2D eigenvalue weighted by Crippen LogP contribution is -2.44. The molecule has 0 spiro atoms. The van der Waals surface area contributed by atoms with Crippen LogP contribution < -0.4 is 10.1 Å². The third-order valence-electron chi connectivity index (χ3n) is 3.76. The monoisotopic (exact) mass is 282 g/mol. The van der Waals surface area contributed by atoms with Crippen LogP contribution in [0.25, 0.3) is 0 Å². The lowest BCUT2D eigenvalue weighted by atomic mass is 10.0. The van der Waals surface area contributed by atoms with Gasteiger partial charge in [-0.2, -0.15) is 0 Å². The molecule has 0 atom stereocenters. The van der Waals surface area contributed by atoms with Crippen molar-refractivity contribution in [2.45, 2.75) is 13.0 Å². The van der Waals surface area contributed by atoms with Crippen LogP contribution in [0.1, 0.15) is 11.1 Å². The third-order valence-corrected chi connectivity index (χ3v) is 4.12. The number of nitrogens with one attached hydrogen (secondary N) is 1. The van der Waals surface area contributed by atoms with Crippen molar-refractivity contribution in [2.24, 2.45) is 0 Å². The van der Waals surface area contributed by atoms with Crippen LogP contribution in [0, 0.1) is 0 Å². The van der Waals surface area contributed by atoms with Gasteiger partial charge in [0.1, 0.15) is 5.75 Å². The molecule has 0 unspecified atom stereocenters. The summed E-state index contributed by atoms with van der Waals surface area (Å²) in [5, 5.41) is 4.19. The maximum Gasteiger partial charge on any atom is 0.189 e. The Balaban J connectivity index is 1.72. The van der Waals surface area contributed by atoms with E-state index in [1.54, 1.807) is 0 Å². The summed E-state index contributed by atoms with van der Waals surface area (Å²) in [7, 11) is 0. The molecule has 1 aromatic rings. The summed E-state index contributed by atoms with van der Waals surface area (Å²) in [4.78, 5) is 2.47. The van der Waals surface area contributed by atoms with E-state index in [-0.39, 0.29) is 0 Å². The highest BCUT2D eigenvalue weighted by atomic mass is 35.5. The molecular formula is C14H19ClN2O2. The van der Waals surface area contributed by atoms with Crippen LogP contribution in [0.5, 0.6) is 5.75 Å². The third kappa shape index (κ3) is 3.03. The van der Waals surface area contributed by atoms with Gasteiger partial charge in [-0.15, -0.1) is 0 Å². The first-order valence-electron chi connectivity index (χ1n) is 6.78. The fourth-order valence-electron chi connectivity index (χ4n) is 2.66. The summed E-state index contributed by atoms with van der Waals surface area (Å²) >= 11 is 6.34. The molecule has 5 heteroatoms. The highest BCUT2D eigenvalue weighted by molar-refractivity contribution is 6.31. The minimum absolute atomic E-state index is 0.339. The quantitative estimate of drug-likeness (QED) is 0.914. The minimum Gasteiger partial charge on any atom is -0.467 e. The Bertz CT molecular complexity index is 447. The molecule has 1 aromatic carbocycles. The van der Waals surface area contributed by atoms with Gasteiger partial charge >= 0.3 is 0 Å². The normalized spacial score (nSPS) is 19.8. The van der Waals surface area contributed by atoms with E-state index in [1.165, 1.54) is 5.56 Å². The molecule has 3 rings (SSSR count). The molecule has 104 valence electrons. The number of halogens is 1.